The number of hydrogen-bond acceptors (Lipinski definition) is 6. The maximum absolute atomic E-state index is 13.5. The molecule has 0 heterocycles. The number of thioether (sulfide) groups is 1. The van der Waals surface area contributed by atoms with Gasteiger partial charge in [-0.3, -0.25) is 14.4 Å². The highest BCUT2D eigenvalue weighted by atomic mass is 35.5. The van der Waals surface area contributed by atoms with Gasteiger partial charge in [0.25, 0.3) is 11.8 Å². The molecule has 1 atom stereocenters. The van der Waals surface area contributed by atoms with E-state index in [0.717, 1.165) is 4.90 Å². The van der Waals surface area contributed by atoms with Crippen molar-refractivity contribution in [3.8, 4) is 11.5 Å². The van der Waals surface area contributed by atoms with E-state index >= 15 is 0 Å². The third-order valence-corrected chi connectivity index (χ3v) is 8.04. The minimum atomic E-state index is -0.545. The smallest absolute Gasteiger partial charge is 0.272 e. The van der Waals surface area contributed by atoms with Gasteiger partial charge in [-0.05, 0) is 79.2 Å². The molecule has 0 spiro atoms. The zero-order chi connectivity index (χ0) is 31.6. The number of hydrogen-bond donors (Lipinski definition) is 3. The molecule has 0 saturated heterocycles. The highest BCUT2D eigenvalue weighted by Gasteiger charge is 2.18. The predicted octanol–water partition coefficient (Wildman–Crippen LogP) is 7.54. The SMILES string of the molecule is COc1ccc(/C=C(/NC(=O)c2ccccc2)C(=O)Nc2cccc(SC(C)C(=O)Nc3ccc(Cl)c(Cl)c3)c2)cc1OC. The van der Waals surface area contributed by atoms with Crippen LogP contribution >= 0.6 is 35.0 Å². The molecule has 44 heavy (non-hydrogen) atoms. The van der Waals surface area contributed by atoms with Crippen LogP contribution in [0.5, 0.6) is 11.5 Å². The summed E-state index contributed by atoms with van der Waals surface area (Å²) in [5.74, 6) is -0.225. The lowest BCUT2D eigenvalue weighted by Crippen LogP contribution is -2.30. The van der Waals surface area contributed by atoms with Gasteiger partial charge in [0, 0.05) is 21.8 Å². The summed E-state index contributed by atoms with van der Waals surface area (Å²) in [6.07, 6.45) is 1.55. The Labute approximate surface area is 269 Å². The fourth-order valence-electron chi connectivity index (χ4n) is 3.97. The fourth-order valence-corrected chi connectivity index (χ4v) is 5.20. The Morgan fingerprint density at radius 1 is 0.773 bits per heavy atom. The quantitative estimate of drug-likeness (QED) is 0.114. The number of methoxy groups -OCH3 is 2. The summed E-state index contributed by atoms with van der Waals surface area (Å²) in [7, 11) is 3.04. The summed E-state index contributed by atoms with van der Waals surface area (Å²) in [6, 6.07) is 25.7. The molecule has 4 aromatic rings. The molecule has 0 aliphatic rings. The minimum Gasteiger partial charge on any atom is -0.493 e. The maximum Gasteiger partial charge on any atom is 0.272 e. The Balaban J connectivity index is 1.51. The standard InChI is InChI=1S/C33H29Cl2N3O5S/c1-20(31(39)36-24-13-14-26(34)27(35)19-24)44-25-11-7-10-23(18-25)37-33(41)28(38-32(40)22-8-5-4-6-9-22)16-21-12-15-29(42-2)30(17-21)43-3/h4-20H,1-3H3,(H,36,39)(H,37,41)(H,38,40)/b28-16+. The first kappa shape index (κ1) is 32.5. The summed E-state index contributed by atoms with van der Waals surface area (Å²) in [5, 5.41) is 8.66. The molecule has 0 bridgehead atoms. The Morgan fingerprint density at radius 2 is 1.50 bits per heavy atom. The van der Waals surface area contributed by atoms with E-state index in [4.69, 9.17) is 32.7 Å². The Bertz CT molecular complexity index is 1700. The highest BCUT2D eigenvalue weighted by Crippen LogP contribution is 2.30. The molecule has 0 aliphatic heterocycles. The third-order valence-electron chi connectivity index (χ3n) is 6.21. The molecule has 0 radical (unpaired) electrons. The van der Waals surface area contributed by atoms with Crippen molar-refractivity contribution >= 4 is 70.1 Å². The van der Waals surface area contributed by atoms with Crippen molar-refractivity contribution < 1.29 is 23.9 Å². The molecular weight excluding hydrogens is 621 g/mol. The van der Waals surface area contributed by atoms with Crippen LogP contribution in [0.3, 0.4) is 0 Å². The number of ether oxygens (including phenoxy) is 2. The molecule has 0 aliphatic carbocycles. The van der Waals surface area contributed by atoms with E-state index in [9.17, 15) is 14.4 Å². The van der Waals surface area contributed by atoms with Crippen LogP contribution in [0.25, 0.3) is 6.08 Å². The van der Waals surface area contributed by atoms with E-state index in [2.05, 4.69) is 16.0 Å². The van der Waals surface area contributed by atoms with Gasteiger partial charge in [-0.2, -0.15) is 0 Å². The van der Waals surface area contributed by atoms with Crippen LogP contribution in [0.15, 0.2) is 102 Å². The summed E-state index contributed by atoms with van der Waals surface area (Å²) < 4.78 is 10.7. The van der Waals surface area contributed by atoms with E-state index in [1.165, 1.54) is 26.0 Å². The molecule has 0 fully saturated rings. The zero-order valence-corrected chi connectivity index (χ0v) is 26.3. The van der Waals surface area contributed by atoms with Crippen LogP contribution in [-0.4, -0.2) is 37.2 Å². The second kappa shape index (κ2) is 15.3. The van der Waals surface area contributed by atoms with E-state index in [-0.39, 0.29) is 11.6 Å². The molecular formula is C33H29Cl2N3O5S. The van der Waals surface area contributed by atoms with Crippen LogP contribution in [-0.2, 0) is 9.59 Å². The number of nitrogens with one attached hydrogen (secondary N) is 3. The lowest BCUT2D eigenvalue weighted by atomic mass is 10.1. The van der Waals surface area contributed by atoms with Gasteiger partial charge in [0.1, 0.15) is 5.70 Å². The lowest BCUT2D eigenvalue weighted by molar-refractivity contribution is -0.115. The number of carbonyl (C=O) groups is 3. The molecule has 3 amide bonds. The van der Waals surface area contributed by atoms with Gasteiger partial charge in [0.15, 0.2) is 11.5 Å². The van der Waals surface area contributed by atoms with Gasteiger partial charge < -0.3 is 25.4 Å². The number of anilines is 2. The number of rotatable bonds is 11. The first-order valence-electron chi connectivity index (χ1n) is 13.3. The van der Waals surface area contributed by atoms with E-state index in [1.807, 2.05) is 6.07 Å². The van der Waals surface area contributed by atoms with Gasteiger partial charge >= 0.3 is 0 Å². The van der Waals surface area contributed by atoms with Crippen LogP contribution in [0.4, 0.5) is 11.4 Å². The number of carbonyl (C=O) groups excluding carboxylic acids is 3. The normalized spacial score (nSPS) is 11.7. The average molecular weight is 651 g/mol. The van der Waals surface area contributed by atoms with Gasteiger partial charge in [-0.1, -0.05) is 53.5 Å². The van der Waals surface area contributed by atoms with Crippen molar-refractivity contribution in [2.45, 2.75) is 17.1 Å². The largest absolute Gasteiger partial charge is 0.493 e. The van der Waals surface area contributed by atoms with Gasteiger partial charge in [0.2, 0.25) is 5.91 Å². The van der Waals surface area contributed by atoms with Gasteiger partial charge in [0.05, 0.1) is 29.5 Å². The van der Waals surface area contributed by atoms with Crippen molar-refractivity contribution in [1.29, 1.82) is 0 Å². The van der Waals surface area contributed by atoms with Crippen molar-refractivity contribution in [3.63, 3.8) is 0 Å². The minimum absolute atomic E-state index is 0.0125. The molecule has 8 nitrogen and oxygen atoms in total. The lowest BCUT2D eigenvalue weighted by Gasteiger charge is -2.14. The second-order valence-electron chi connectivity index (χ2n) is 9.35. The molecule has 1 unspecified atom stereocenters. The van der Waals surface area contributed by atoms with Crippen LogP contribution in [0, 0.1) is 0 Å². The molecule has 4 aromatic carbocycles. The third kappa shape index (κ3) is 8.79. The molecule has 11 heteroatoms. The first-order chi connectivity index (χ1) is 21.2. The number of halogens is 2. The fraction of sp³-hybridized carbons (Fsp3) is 0.121. The summed E-state index contributed by atoms with van der Waals surface area (Å²) in [4.78, 5) is 40.1. The highest BCUT2D eigenvalue weighted by molar-refractivity contribution is 8.00. The summed E-state index contributed by atoms with van der Waals surface area (Å²) >= 11 is 13.3. The topological polar surface area (TPSA) is 106 Å². The molecule has 0 aromatic heterocycles. The van der Waals surface area contributed by atoms with Gasteiger partial charge in [-0.15, -0.1) is 11.8 Å². The Morgan fingerprint density at radius 3 is 2.20 bits per heavy atom. The van der Waals surface area contributed by atoms with Crippen molar-refractivity contribution in [2.75, 3.05) is 24.9 Å². The van der Waals surface area contributed by atoms with E-state index < -0.39 is 17.1 Å². The van der Waals surface area contributed by atoms with Crippen molar-refractivity contribution in [3.05, 3.63) is 118 Å². The number of benzene rings is 4. The average Bonchev–Trinajstić information content (AvgIpc) is 3.02. The summed E-state index contributed by atoms with van der Waals surface area (Å²) in [6.45, 7) is 1.77. The second-order valence-corrected chi connectivity index (χ2v) is 11.6. The molecule has 0 saturated carbocycles. The van der Waals surface area contributed by atoms with Gasteiger partial charge in [-0.25, -0.2) is 0 Å². The Hall–Kier alpha value is -4.44. The predicted molar refractivity (Wildman–Crippen MR) is 177 cm³/mol. The molecule has 4 rings (SSSR count). The first-order valence-corrected chi connectivity index (χ1v) is 14.9. The van der Waals surface area contributed by atoms with E-state index in [1.54, 1.807) is 97.9 Å². The monoisotopic (exact) mass is 649 g/mol. The van der Waals surface area contributed by atoms with Crippen LogP contribution in [0.1, 0.15) is 22.8 Å². The van der Waals surface area contributed by atoms with Crippen LogP contribution in [0.2, 0.25) is 10.0 Å². The van der Waals surface area contributed by atoms with Crippen LogP contribution < -0.4 is 25.4 Å². The Kier molecular flexibility index (Phi) is 11.3. The summed E-state index contributed by atoms with van der Waals surface area (Å²) in [5.41, 5.74) is 2.02. The zero-order valence-electron chi connectivity index (χ0n) is 24.0. The molecule has 226 valence electrons. The number of amides is 3. The maximum atomic E-state index is 13.5. The van der Waals surface area contributed by atoms with E-state index in [0.29, 0.717) is 44.0 Å². The van der Waals surface area contributed by atoms with Crippen molar-refractivity contribution in [2.24, 2.45) is 0 Å². The molecule has 3 N–H and O–H groups in total. The van der Waals surface area contributed by atoms with Crippen molar-refractivity contribution in [1.82, 2.24) is 5.32 Å².